The van der Waals surface area contributed by atoms with Crippen LogP contribution in [0, 0.1) is 3.57 Å². The Balaban J connectivity index is 1.71. The van der Waals surface area contributed by atoms with Crippen molar-refractivity contribution in [1.82, 2.24) is 4.90 Å². The third-order valence-corrected chi connectivity index (χ3v) is 5.28. The lowest BCUT2D eigenvalue weighted by Crippen LogP contribution is -2.44. The molecule has 0 atom stereocenters. The molecule has 3 aromatic rings. The fourth-order valence-electron chi connectivity index (χ4n) is 3.13. The van der Waals surface area contributed by atoms with Crippen LogP contribution in [-0.2, 0) is 0 Å². The summed E-state index contributed by atoms with van der Waals surface area (Å²) in [4.78, 5) is 41.3. The fraction of sp³-hybridized carbons (Fsp3) is 0.0455. The van der Waals surface area contributed by atoms with Gasteiger partial charge in [0.05, 0.1) is 11.1 Å². The van der Waals surface area contributed by atoms with Gasteiger partial charge in [-0.1, -0.05) is 30.3 Å². The van der Waals surface area contributed by atoms with Gasteiger partial charge in [0.2, 0.25) is 0 Å². The third-order valence-electron chi connectivity index (χ3n) is 4.57. The molecule has 28 heavy (non-hydrogen) atoms. The maximum atomic E-state index is 13.2. The highest BCUT2D eigenvalue weighted by Gasteiger charge is 2.37. The second kappa shape index (κ2) is 7.55. The monoisotopic (exact) mass is 482 g/mol. The van der Waals surface area contributed by atoms with Crippen molar-refractivity contribution < 1.29 is 14.4 Å². The normalized spacial score (nSPS) is 12.8. The highest BCUT2D eigenvalue weighted by molar-refractivity contribution is 14.1. The van der Waals surface area contributed by atoms with Crippen LogP contribution in [0.5, 0.6) is 0 Å². The van der Waals surface area contributed by atoms with Crippen LogP contribution in [0.3, 0.4) is 0 Å². The number of nitrogens with zero attached hydrogens (tertiary/aromatic N) is 2. The van der Waals surface area contributed by atoms with E-state index in [1.54, 1.807) is 60.7 Å². The van der Waals surface area contributed by atoms with E-state index in [2.05, 4.69) is 22.6 Å². The summed E-state index contributed by atoms with van der Waals surface area (Å²) < 4.78 is 1.02. The molecule has 3 aromatic carbocycles. The predicted molar refractivity (Wildman–Crippen MR) is 114 cm³/mol. The summed E-state index contributed by atoms with van der Waals surface area (Å²) in [5.41, 5.74) is 1.83. The zero-order valence-corrected chi connectivity index (χ0v) is 16.9. The molecule has 0 fully saturated rings. The second-order valence-electron chi connectivity index (χ2n) is 6.30. The van der Waals surface area contributed by atoms with E-state index in [4.69, 9.17) is 0 Å². The molecular weight excluding hydrogens is 467 g/mol. The summed E-state index contributed by atoms with van der Waals surface area (Å²) >= 11 is 2.18. The van der Waals surface area contributed by atoms with Gasteiger partial charge in [-0.05, 0) is 71.1 Å². The van der Waals surface area contributed by atoms with E-state index < -0.39 is 11.8 Å². The van der Waals surface area contributed by atoms with Crippen molar-refractivity contribution in [3.63, 3.8) is 0 Å². The molecule has 6 heteroatoms. The number of rotatable bonds is 4. The molecule has 1 heterocycles. The number of benzene rings is 3. The van der Waals surface area contributed by atoms with Crippen LogP contribution in [0.4, 0.5) is 5.69 Å². The minimum Gasteiger partial charge on any atom is -0.290 e. The molecule has 4 rings (SSSR count). The van der Waals surface area contributed by atoms with Crippen LogP contribution in [0.1, 0.15) is 31.1 Å². The topological polar surface area (TPSA) is 57.7 Å². The molecule has 0 aliphatic carbocycles. The molecule has 0 radical (unpaired) electrons. The maximum absolute atomic E-state index is 13.2. The minimum absolute atomic E-state index is 0.152. The Hall–Kier alpha value is -3.00. The van der Waals surface area contributed by atoms with E-state index in [-0.39, 0.29) is 12.6 Å². The van der Waals surface area contributed by atoms with Gasteiger partial charge in [0.25, 0.3) is 17.7 Å². The first-order valence-corrected chi connectivity index (χ1v) is 9.72. The maximum Gasteiger partial charge on any atom is 0.263 e. The summed E-state index contributed by atoms with van der Waals surface area (Å²) in [5, 5.41) is 0. The molecule has 5 nitrogen and oxygen atoms in total. The number of imide groups is 1. The van der Waals surface area contributed by atoms with Crippen molar-refractivity contribution in [2.24, 2.45) is 0 Å². The SMILES string of the molecule is O=C1c2ccccc2C(=O)N1CN(C(=O)c1ccccc1)c1ccc(I)cc1. The Bertz CT molecular complexity index is 1030. The molecule has 0 N–H and O–H groups in total. The van der Waals surface area contributed by atoms with Crippen molar-refractivity contribution in [1.29, 1.82) is 0 Å². The first-order chi connectivity index (χ1) is 13.6. The van der Waals surface area contributed by atoms with Gasteiger partial charge in [-0.2, -0.15) is 0 Å². The number of fused-ring (bicyclic) bond motifs is 1. The van der Waals surface area contributed by atoms with Crippen molar-refractivity contribution in [3.8, 4) is 0 Å². The molecule has 0 unspecified atom stereocenters. The Kier molecular flexibility index (Phi) is 4.95. The standard InChI is InChI=1S/C22H15IN2O3/c23-16-10-12-17(13-11-16)24(20(26)15-6-2-1-3-7-15)14-25-21(27)18-8-4-5-9-19(18)22(25)28/h1-13H,14H2. The van der Waals surface area contributed by atoms with E-state index in [9.17, 15) is 14.4 Å². The lowest BCUT2D eigenvalue weighted by Gasteiger charge is -2.27. The highest BCUT2D eigenvalue weighted by atomic mass is 127. The lowest BCUT2D eigenvalue weighted by molar-refractivity contribution is 0.0650. The molecule has 0 aromatic heterocycles. The van der Waals surface area contributed by atoms with Gasteiger partial charge < -0.3 is 0 Å². The zero-order valence-electron chi connectivity index (χ0n) is 14.7. The average molecular weight is 482 g/mol. The van der Waals surface area contributed by atoms with Crippen molar-refractivity contribution >= 4 is 46.0 Å². The molecule has 1 aliphatic heterocycles. The molecule has 0 saturated carbocycles. The van der Waals surface area contributed by atoms with Gasteiger partial charge >= 0.3 is 0 Å². The predicted octanol–water partition coefficient (Wildman–Crippen LogP) is 4.19. The van der Waals surface area contributed by atoms with Crippen LogP contribution in [-0.4, -0.2) is 29.3 Å². The number of carbonyl (C=O) groups is 3. The molecular formula is C22H15IN2O3. The number of amides is 3. The van der Waals surface area contributed by atoms with Crippen LogP contribution >= 0.6 is 22.6 Å². The van der Waals surface area contributed by atoms with Crippen molar-refractivity contribution in [2.75, 3.05) is 11.6 Å². The van der Waals surface area contributed by atoms with E-state index in [1.807, 2.05) is 18.2 Å². The molecule has 0 spiro atoms. The van der Waals surface area contributed by atoms with Gasteiger partial charge in [-0.3, -0.25) is 24.2 Å². The second-order valence-corrected chi connectivity index (χ2v) is 7.55. The first-order valence-electron chi connectivity index (χ1n) is 8.64. The molecule has 3 amide bonds. The van der Waals surface area contributed by atoms with Gasteiger partial charge in [-0.15, -0.1) is 0 Å². The van der Waals surface area contributed by atoms with Gasteiger partial charge in [-0.25, -0.2) is 0 Å². The molecule has 138 valence electrons. The minimum atomic E-state index is -0.392. The summed E-state index contributed by atoms with van der Waals surface area (Å²) in [6.45, 7) is -0.152. The van der Waals surface area contributed by atoms with Gasteiger partial charge in [0.15, 0.2) is 0 Å². The van der Waals surface area contributed by atoms with E-state index in [1.165, 1.54) is 4.90 Å². The quantitative estimate of drug-likeness (QED) is 0.414. The number of halogens is 1. The lowest BCUT2D eigenvalue weighted by atomic mass is 10.1. The highest BCUT2D eigenvalue weighted by Crippen LogP contribution is 2.25. The summed E-state index contributed by atoms with van der Waals surface area (Å²) in [6, 6.07) is 22.9. The average Bonchev–Trinajstić information content (AvgIpc) is 2.98. The van der Waals surface area contributed by atoms with Crippen molar-refractivity contribution in [2.45, 2.75) is 0 Å². The van der Waals surface area contributed by atoms with Crippen LogP contribution < -0.4 is 4.90 Å². The number of hydrogen-bond acceptors (Lipinski definition) is 3. The molecule has 1 aliphatic rings. The number of anilines is 1. The Labute approximate surface area is 175 Å². The Morgan fingerprint density at radius 3 is 1.89 bits per heavy atom. The molecule has 0 saturated heterocycles. The van der Waals surface area contributed by atoms with Gasteiger partial charge in [0, 0.05) is 14.8 Å². The van der Waals surface area contributed by atoms with E-state index in [0.29, 0.717) is 22.4 Å². The van der Waals surface area contributed by atoms with Crippen LogP contribution in [0.2, 0.25) is 0 Å². The fourth-order valence-corrected chi connectivity index (χ4v) is 3.49. The van der Waals surface area contributed by atoms with Crippen molar-refractivity contribution in [3.05, 3.63) is 99.1 Å². The number of hydrogen-bond donors (Lipinski definition) is 0. The zero-order chi connectivity index (χ0) is 19.7. The van der Waals surface area contributed by atoms with Crippen LogP contribution in [0.15, 0.2) is 78.9 Å². The summed E-state index contributed by atoms with van der Waals surface area (Å²) in [7, 11) is 0. The van der Waals surface area contributed by atoms with E-state index >= 15 is 0 Å². The van der Waals surface area contributed by atoms with Gasteiger partial charge in [0.1, 0.15) is 6.67 Å². The summed E-state index contributed by atoms with van der Waals surface area (Å²) in [5.74, 6) is -1.06. The summed E-state index contributed by atoms with van der Waals surface area (Å²) in [6.07, 6.45) is 0. The Morgan fingerprint density at radius 2 is 1.32 bits per heavy atom. The van der Waals surface area contributed by atoms with E-state index in [0.717, 1.165) is 8.47 Å². The van der Waals surface area contributed by atoms with Crippen LogP contribution in [0.25, 0.3) is 0 Å². The smallest absolute Gasteiger partial charge is 0.263 e. The number of carbonyl (C=O) groups excluding carboxylic acids is 3. The largest absolute Gasteiger partial charge is 0.290 e. The first kappa shape index (κ1) is 18.4. The Morgan fingerprint density at radius 1 is 0.786 bits per heavy atom. The molecule has 0 bridgehead atoms. The third kappa shape index (κ3) is 3.31.